The normalized spacial score (nSPS) is 15.4. The first-order valence-electron chi connectivity index (χ1n) is 4.89. The molecule has 102 valence electrons. The molecule has 0 radical (unpaired) electrons. The minimum atomic E-state index is -4.79. The maximum Gasteiger partial charge on any atom is 0.403 e. The Labute approximate surface area is 102 Å². The van der Waals surface area contributed by atoms with Crippen molar-refractivity contribution in [1.82, 2.24) is 0 Å². The lowest BCUT2D eigenvalue weighted by atomic mass is 10.3. The molecule has 2 nitrogen and oxygen atoms in total. The summed E-state index contributed by atoms with van der Waals surface area (Å²) in [7, 11) is -2.73. The average molecular weight is 287 g/mol. The second kappa shape index (κ2) is 5.75. The molecule has 18 heavy (non-hydrogen) atoms. The predicted octanol–water partition coefficient (Wildman–Crippen LogP) is 2.35. The van der Waals surface area contributed by atoms with Crippen LogP contribution in [-0.2, 0) is 10.8 Å². The van der Waals surface area contributed by atoms with Crippen LogP contribution < -0.4 is 5.73 Å². The Bertz CT molecular complexity index is 448. The molecule has 2 N–H and O–H groups in total. The van der Waals surface area contributed by atoms with E-state index in [1.54, 1.807) is 0 Å². The van der Waals surface area contributed by atoms with Crippen LogP contribution in [0.15, 0.2) is 23.1 Å². The Hall–Kier alpha value is -1.02. The van der Waals surface area contributed by atoms with Crippen molar-refractivity contribution >= 4 is 10.8 Å². The highest BCUT2D eigenvalue weighted by atomic mass is 32.2. The van der Waals surface area contributed by atoms with Crippen LogP contribution in [0.1, 0.15) is 6.42 Å². The van der Waals surface area contributed by atoms with Crippen molar-refractivity contribution in [3.8, 4) is 0 Å². The first kappa shape index (κ1) is 15.0. The number of benzene rings is 1. The highest BCUT2D eigenvalue weighted by molar-refractivity contribution is 7.85. The number of nitrogens with two attached hydrogens (primary N) is 1. The van der Waals surface area contributed by atoms with Crippen LogP contribution >= 0.6 is 0 Å². The smallest absolute Gasteiger partial charge is 0.330 e. The van der Waals surface area contributed by atoms with E-state index in [4.69, 9.17) is 5.73 Å². The topological polar surface area (TPSA) is 43.1 Å². The van der Waals surface area contributed by atoms with Gasteiger partial charge in [-0.15, -0.1) is 0 Å². The van der Waals surface area contributed by atoms with E-state index in [1.165, 1.54) is 0 Å². The van der Waals surface area contributed by atoms with Gasteiger partial charge in [0, 0.05) is 0 Å². The van der Waals surface area contributed by atoms with Gasteiger partial charge in [0.25, 0.3) is 0 Å². The minimum absolute atomic E-state index is 0.354. The van der Waals surface area contributed by atoms with Gasteiger partial charge < -0.3 is 5.73 Å². The SMILES string of the molecule is NCCC(S(=O)c1cc(F)ccc1F)C(F)(F)F. The van der Waals surface area contributed by atoms with Crippen LogP contribution in [0.3, 0.4) is 0 Å². The molecule has 2 unspecified atom stereocenters. The first-order valence-corrected chi connectivity index (χ1v) is 6.11. The van der Waals surface area contributed by atoms with Crippen LogP contribution in [0.5, 0.6) is 0 Å². The molecule has 8 heteroatoms. The van der Waals surface area contributed by atoms with Gasteiger partial charge in [-0.2, -0.15) is 13.2 Å². The molecule has 0 aliphatic rings. The van der Waals surface area contributed by atoms with Crippen molar-refractivity contribution in [2.24, 2.45) is 5.73 Å². The molecule has 0 spiro atoms. The first-order chi connectivity index (χ1) is 8.27. The molecule has 1 aromatic carbocycles. The summed E-state index contributed by atoms with van der Waals surface area (Å²) in [6.07, 6.45) is -5.41. The minimum Gasteiger partial charge on any atom is -0.330 e. The number of alkyl halides is 3. The fraction of sp³-hybridized carbons (Fsp3) is 0.400. The van der Waals surface area contributed by atoms with Crippen LogP contribution in [-0.4, -0.2) is 22.2 Å². The molecule has 2 atom stereocenters. The Morgan fingerprint density at radius 2 is 1.89 bits per heavy atom. The van der Waals surface area contributed by atoms with E-state index < -0.39 is 45.2 Å². The second-order valence-electron chi connectivity index (χ2n) is 3.48. The van der Waals surface area contributed by atoms with E-state index in [0.717, 1.165) is 6.07 Å². The summed E-state index contributed by atoms with van der Waals surface area (Å²) in [5, 5.41) is -2.31. The van der Waals surface area contributed by atoms with Crippen LogP contribution in [0.4, 0.5) is 22.0 Å². The zero-order chi connectivity index (χ0) is 13.9. The quantitative estimate of drug-likeness (QED) is 0.864. The highest BCUT2D eigenvalue weighted by Crippen LogP contribution is 2.30. The lowest BCUT2D eigenvalue weighted by molar-refractivity contribution is -0.130. The van der Waals surface area contributed by atoms with Gasteiger partial charge in [0.2, 0.25) is 0 Å². The van der Waals surface area contributed by atoms with Gasteiger partial charge in [-0.25, -0.2) is 8.78 Å². The summed E-state index contributed by atoms with van der Waals surface area (Å²) in [6.45, 7) is -0.354. The van der Waals surface area contributed by atoms with Gasteiger partial charge in [0.15, 0.2) is 0 Å². The van der Waals surface area contributed by atoms with E-state index in [9.17, 15) is 26.2 Å². The number of hydrogen-bond acceptors (Lipinski definition) is 2. The Kier molecular flexibility index (Phi) is 4.80. The molecular weight excluding hydrogens is 277 g/mol. The summed E-state index contributed by atoms with van der Waals surface area (Å²) >= 11 is 0. The Morgan fingerprint density at radius 1 is 1.28 bits per heavy atom. The standard InChI is InChI=1S/C10H10F5NOS/c11-6-1-2-7(12)8(5-6)18(17)9(3-4-16)10(13,14)15/h1-2,5,9H,3-4,16H2. The fourth-order valence-corrected chi connectivity index (χ4v) is 2.72. The molecule has 0 saturated heterocycles. The summed E-state index contributed by atoms with van der Waals surface area (Å²) in [5.74, 6) is -2.09. The summed E-state index contributed by atoms with van der Waals surface area (Å²) in [6, 6.07) is 1.88. The monoisotopic (exact) mass is 287 g/mol. The van der Waals surface area contributed by atoms with E-state index in [0.29, 0.717) is 12.1 Å². The maximum absolute atomic E-state index is 13.3. The Morgan fingerprint density at radius 3 is 2.39 bits per heavy atom. The maximum atomic E-state index is 13.3. The van der Waals surface area contributed by atoms with Gasteiger partial charge in [-0.3, -0.25) is 4.21 Å². The molecule has 0 amide bonds. The van der Waals surface area contributed by atoms with E-state index in [-0.39, 0.29) is 6.54 Å². The van der Waals surface area contributed by atoms with Crippen LogP contribution in [0.2, 0.25) is 0 Å². The van der Waals surface area contributed by atoms with Crippen molar-refractivity contribution < 1.29 is 26.2 Å². The molecule has 0 bridgehead atoms. The molecular formula is C10H10F5NOS. The van der Waals surface area contributed by atoms with E-state index in [1.807, 2.05) is 0 Å². The number of rotatable bonds is 4. The van der Waals surface area contributed by atoms with Gasteiger partial charge in [0.05, 0.1) is 15.7 Å². The zero-order valence-corrected chi connectivity index (χ0v) is 9.82. The fourth-order valence-electron chi connectivity index (χ4n) is 1.33. The summed E-state index contributed by atoms with van der Waals surface area (Å²) < 4.78 is 75.6. The molecule has 0 heterocycles. The largest absolute Gasteiger partial charge is 0.403 e. The summed E-state index contributed by atoms with van der Waals surface area (Å²) in [5.41, 5.74) is 5.01. The number of halogens is 5. The molecule has 1 rings (SSSR count). The molecule has 0 fully saturated rings. The third-order valence-corrected chi connectivity index (χ3v) is 3.93. The van der Waals surface area contributed by atoms with Gasteiger partial charge in [0.1, 0.15) is 16.9 Å². The third kappa shape index (κ3) is 3.49. The van der Waals surface area contributed by atoms with Crippen molar-refractivity contribution in [1.29, 1.82) is 0 Å². The van der Waals surface area contributed by atoms with Crippen molar-refractivity contribution in [3.05, 3.63) is 29.8 Å². The predicted molar refractivity (Wildman–Crippen MR) is 56.3 cm³/mol. The van der Waals surface area contributed by atoms with Gasteiger partial charge in [-0.1, -0.05) is 0 Å². The van der Waals surface area contributed by atoms with Crippen molar-refractivity contribution in [2.45, 2.75) is 22.7 Å². The van der Waals surface area contributed by atoms with E-state index in [2.05, 4.69) is 0 Å². The van der Waals surface area contributed by atoms with Crippen molar-refractivity contribution in [3.63, 3.8) is 0 Å². The highest BCUT2D eigenvalue weighted by Gasteiger charge is 2.44. The molecule has 0 saturated carbocycles. The molecule has 0 aliphatic heterocycles. The lowest BCUT2D eigenvalue weighted by Crippen LogP contribution is -2.35. The molecule has 0 aliphatic carbocycles. The Balaban J connectivity index is 3.13. The lowest BCUT2D eigenvalue weighted by Gasteiger charge is -2.19. The summed E-state index contributed by atoms with van der Waals surface area (Å²) in [4.78, 5) is -0.800. The van der Waals surface area contributed by atoms with E-state index >= 15 is 0 Å². The zero-order valence-electron chi connectivity index (χ0n) is 9.01. The van der Waals surface area contributed by atoms with Crippen molar-refractivity contribution in [2.75, 3.05) is 6.54 Å². The van der Waals surface area contributed by atoms with Gasteiger partial charge >= 0.3 is 6.18 Å². The second-order valence-corrected chi connectivity index (χ2v) is 5.08. The van der Waals surface area contributed by atoms with Crippen LogP contribution in [0, 0.1) is 11.6 Å². The van der Waals surface area contributed by atoms with Gasteiger partial charge in [-0.05, 0) is 31.2 Å². The average Bonchev–Trinajstić information content (AvgIpc) is 2.27. The molecule has 0 aromatic heterocycles. The number of hydrogen-bond donors (Lipinski definition) is 1. The van der Waals surface area contributed by atoms with Crippen LogP contribution in [0.25, 0.3) is 0 Å². The molecule has 1 aromatic rings. The third-order valence-electron chi connectivity index (χ3n) is 2.16.